The van der Waals surface area contributed by atoms with Gasteiger partial charge in [0.05, 0.1) is 0 Å². The summed E-state index contributed by atoms with van der Waals surface area (Å²) in [5, 5.41) is 6.05. The SMILES string of the molecule is Cc1ccc(Nc2nccc(C(=O)Nc3ccc(C)c(C)c3)n2)c(C)c1. The molecule has 132 valence electrons. The van der Waals surface area contributed by atoms with E-state index in [2.05, 4.69) is 26.7 Å². The number of nitrogens with zero attached hydrogens (tertiary/aromatic N) is 2. The summed E-state index contributed by atoms with van der Waals surface area (Å²) in [5.41, 5.74) is 6.58. The number of aryl methyl sites for hydroxylation is 4. The normalized spacial score (nSPS) is 10.5. The number of benzene rings is 2. The van der Waals surface area contributed by atoms with E-state index in [1.54, 1.807) is 12.3 Å². The summed E-state index contributed by atoms with van der Waals surface area (Å²) in [6.45, 7) is 8.12. The van der Waals surface area contributed by atoms with E-state index >= 15 is 0 Å². The Balaban J connectivity index is 1.77. The molecule has 2 aromatic carbocycles. The van der Waals surface area contributed by atoms with Gasteiger partial charge >= 0.3 is 0 Å². The highest BCUT2D eigenvalue weighted by Crippen LogP contribution is 2.20. The van der Waals surface area contributed by atoms with Crippen molar-refractivity contribution in [1.82, 2.24) is 9.97 Å². The van der Waals surface area contributed by atoms with Gasteiger partial charge in [0.15, 0.2) is 0 Å². The first-order chi connectivity index (χ1) is 12.4. The van der Waals surface area contributed by atoms with E-state index in [4.69, 9.17) is 0 Å². The van der Waals surface area contributed by atoms with Crippen molar-refractivity contribution >= 4 is 23.2 Å². The van der Waals surface area contributed by atoms with Crippen LogP contribution in [0, 0.1) is 27.7 Å². The van der Waals surface area contributed by atoms with E-state index in [1.165, 1.54) is 11.1 Å². The Kier molecular flexibility index (Phi) is 4.98. The number of amides is 1. The largest absolute Gasteiger partial charge is 0.324 e. The molecule has 0 spiro atoms. The molecule has 0 aliphatic heterocycles. The van der Waals surface area contributed by atoms with Crippen molar-refractivity contribution in [2.75, 3.05) is 10.6 Å². The molecule has 3 aromatic rings. The maximum absolute atomic E-state index is 12.5. The Hall–Kier alpha value is -3.21. The summed E-state index contributed by atoms with van der Waals surface area (Å²) in [6, 6.07) is 13.5. The van der Waals surface area contributed by atoms with E-state index in [0.717, 1.165) is 22.5 Å². The molecule has 1 heterocycles. The van der Waals surface area contributed by atoms with Crippen LogP contribution in [-0.4, -0.2) is 15.9 Å². The average Bonchev–Trinajstić information content (AvgIpc) is 2.61. The summed E-state index contributed by atoms with van der Waals surface area (Å²) in [5.74, 6) is 0.129. The van der Waals surface area contributed by atoms with Crippen LogP contribution in [0.4, 0.5) is 17.3 Å². The van der Waals surface area contributed by atoms with E-state index in [9.17, 15) is 4.79 Å². The Bertz CT molecular complexity index is 966. The van der Waals surface area contributed by atoms with Crippen LogP contribution in [0.1, 0.15) is 32.7 Å². The number of hydrogen-bond donors (Lipinski definition) is 2. The number of anilines is 3. The lowest BCUT2D eigenvalue weighted by Crippen LogP contribution is -2.15. The van der Waals surface area contributed by atoms with Gasteiger partial charge in [0.1, 0.15) is 5.69 Å². The molecule has 5 nitrogen and oxygen atoms in total. The molecule has 3 rings (SSSR count). The van der Waals surface area contributed by atoms with Gasteiger partial charge < -0.3 is 10.6 Å². The molecule has 0 radical (unpaired) electrons. The standard InChI is InChI=1S/C21H22N4O/c1-13-5-8-18(16(4)11-13)24-21-22-10-9-19(25-21)20(26)23-17-7-6-14(2)15(3)12-17/h5-12H,1-4H3,(H,23,26)(H,22,24,25). The highest BCUT2D eigenvalue weighted by atomic mass is 16.1. The zero-order valence-electron chi connectivity index (χ0n) is 15.4. The van der Waals surface area contributed by atoms with Crippen molar-refractivity contribution in [3.63, 3.8) is 0 Å². The molecule has 0 saturated heterocycles. The topological polar surface area (TPSA) is 66.9 Å². The van der Waals surface area contributed by atoms with E-state index < -0.39 is 0 Å². The zero-order chi connectivity index (χ0) is 18.7. The number of carbonyl (C=O) groups excluding carboxylic acids is 1. The molecule has 5 heteroatoms. The Morgan fingerprint density at radius 1 is 0.885 bits per heavy atom. The van der Waals surface area contributed by atoms with Crippen molar-refractivity contribution in [2.45, 2.75) is 27.7 Å². The quantitative estimate of drug-likeness (QED) is 0.718. The second-order valence-corrected chi connectivity index (χ2v) is 6.46. The van der Waals surface area contributed by atoms with E-state index in [0.29, 0.717) is 11.6 Å². The first kappa shape index (κ1) is 17.6. The maximum Gasteiger partial charge on any atom is 0.274 e. The molecular formula is C21H22N4O. The third-order valence-electron chi connectivity index (χ3n) is 4.28. The second kappa shape index (κ2) is 7.35. The number of hydrogen-bond acceptors (Lipinski definition) is 4. The highest BCUT2D eigenvalue weighted by molar-refractivity contribution is 6.03. The molecule has 0 aliphatic carbocycles. The van der Waals surface area contributed by atoms with Gasteiger partial charge in [-0.2, -0.15) is 0 Å². The lowest BCUT2D eigenvalue weighted by Gasteiger charge is -2.10. The number of nitrogens with one attached hydrogen (secondary N) is 2. The van der Waals surface area contributed by atoms with Crippen LogP contribution in [0.3, 0.4) is 0 Å². The first-order valence-corrected chi connectivity index (χ1v) is 8.48. The summed E-state index contributed by atoms with van der Waals surface area (Å²) in [4.78, 5) is 21.0. The molecule has 0 fully saturated rings. The summed E-state index contributed by atoms with van der Waals surface area (Å²) in [6.07, 6.45) is 1.58. The predicted octanol–water partition coefficient (Wildman–Crippen LogP) is 4.71. The lowest BCUT2D eigenvalue weighted by atomic mass is 10.1. The molecule has 1 amide bonds. The predicted molar refractivity (Wildman–Crippen MR) is 105 cm³/mol. The smallest absolute Gasteiger partial charge is 0.274 e. The summed E-state index contributed by atoms with van der Waals surface area (Å²) in [7, 11) is 0. The number of rotatable bonds is 4. The van der Waals surface area contributed by atoms with Gasteiger partial charge in [-0.15, -0.1) is 0 Å². The third-order valence-corrected chi connectivity index (χ3v) is 4.28. The number of carbonyl (C=O) groups is 1. The van der Waals surface area contributed by atoms with E-state index in [1.807, 2.05) is 58.0 Å². The molecular weight excluding hydrogens is 324 g/mol. The van der Waals surface area contributed by atoms with Gasteiger partial charge in [-0.05, 0) is 68.7 Å². The van der Waals surface area contributed by atoms with Crippen molar-refractivity contribution in [3.8, 4) is 0 Å². The van der Waals surface area contributed by atoms with Crippen LogP contribution in [-0.2, 0) is 0 Å². The Morgan fingerprint density at radius 3 is 2.42 bits per heavy atom. The van der Waals surface area contributed by atoms with Gasteiger partial charge in [-0.3, -0.25) is 4.79 Å². The fraction of sp³-hybridized carbons (Fsp3) is 0.190. The van der Waals surface area contributed by atoms with Crippen LogP contribution in [0.5, 0.6) is 0 Å². The molecule has 2 N–H and O–H groups in total. The minimum Gasteiger partial charge on any atom is -0.324 e. The van der Waals surface area contributed by atoms with Crippen LogP contribution in [0.25, 0.3) is 0 Å². The lowest BCUT2D eigenvalue weighted by molar-refractivity contribution is 0.102. The summed E-state index contributed by atoms with van der Waals surface area (Å²) >= 11 is 0. The second-order valence-electron chi connectivity index (χ2n) is 6.46. The molecule has 0 aliphatic rings. The van der Waals surface area contributed by atoms with Crippen LogP contribution in [0.15, 0.2) is 48.7 Å². The number of aromatic nitrogens is 2. The van der Waals surface area contributed by atoms with Gasteiger partial charge in [0, 0.05) is 17.6 Å². The third kappa shape index (κ3) is 4.06. The molecule has 0 saturated carbocycles. The zero-order valence-corrected chi connectivity index (χ0v) is 15.4. The van der Waals surface area contributed by atoms with Crippen molar-refractivity contribution in [2.24, 2.45) is 0 Å². The molecule has 1 aromatic heterocycles. The van der Waals surface area contributed by atoms with Gasteiger partial charge in [-0.1, -0.05) is 23.8 Å². The average molecular weight is 346 g/mol. The first-order valence-electron chi connectivity index (χ1n) is 8.48. The minimum atomic E-state index is -0.265. The van der Waals surface area contributed by atoms with Crippen molar-refractivity contribution in [1.29, 1.82) is 0 Å². The fourth-order valence-corrected chi connectivity index (χ4v) is 2.63. The van der Waals surface area contributed by atoms with Crippen molar-refractivity contribution < 1.29 is 4.79 Å². The molecule has 26 heavy (non-hydrogen) atoms. The minimum absolute atomic E-state index is 0.265. The monoisotopic (exact) mass is 346 g/mol. The Labute approximate surface area is 153 Å². The summed E-state index contributed by atoms with van der Waals surface area (Å²) < 4.78 is 0. The van der Waals surface area contributed by atoms with Gasteiger partial charge in [0.25, 0.3) is 5.91 Å². The molecule has 0 atom stereocenters. The van der Waals surface area contributed by atoms with E-state index in [-0.39, 0.29) is 5.91 Å². The fourth-order valence-electron chi connectivity index (χ4n) is 2.63. The van der Waals surface area contributed by atoms with Crippen LogP contribution >= 0.6 is 0 Å². The highest BCUT2D eigenvalue weighted by Gasteiger charge is 2.10. The molecule has 0 bridgehead atoms. The van der Waals surface area contributed by atoms with Gasteiger partial charge in [-0.25, -0.2) is 9.97 Å². The maximum atomic E-state index is 12.5. The Morgan fingerprint density at radius 2 is 1.69 bits per heavy atom. The van der Waals surface area contributed by atoms with Gasteiger partial charge in [0.2, 0.25) is 5.95 Å². The van der Waals surface area contributed by atoms with Crippen LogP contribution in [0.2, 0.25) is 0 Å². The molecule has 0 unspecified atom stereocenters. The van der Waals surface area contributed by atoms with Crippen LogP contribution < -0.4 is 10.6 Å². The van der Waals surface area contributed by atoms with Crippen molar-refractivity contribution in [3.05, 3.63) is 76.6 Å².